The number of carbonyl (C=O) groups excluding carboxylic acids is 2. The fourth-order valence-electron chi connectivity index (χ4n) is 3.27. The third-order valence-electron chi connectivity index (χ3n) is 5.06. The van der Waals surface area contributed by atoms with Crippen LogP contribution < -0.4 is 8.92 Å². The highest BCUT2D eigenvalue weighted by atomic mass is 35.5. The predicted molar refractivity (Wildman–Crippen MR) is 135 cm³/mol. The number of rotatable bonds is 7. The van der Waals surface area contributed by atoms with Gasteiger partial charge in [0.05, 0.1) is 18.6 Å². The molecule has 1 aliphatic rings. The number of imide groups is 1. The maximum atomic E-state index is 14.2. The molecular weight excluding hydrogens is 552 g/mol. The van der Waals surface area contributed by atoms with E-state index in [-0.39, 0.29) is 44.0 Å². The van der Waals surface area contributed by atoms with E-state index in [1.54, 1.807) is 6.07 Å². The highest BCUT2D eigenvalue weighted by Crippen LogP contribution is 2.39. The average molecular weight is 568 g/mol. The molecular formula is C24H16Cl2FNO6S2. The van der Waals surface area contributed by atoms with E-state index < -0.39 is 27.1 Å². The molecule has 12 heteroatoms. The van der Waals surface area contributed by atoms with E-state index in [1.807, 2.05) is 0 Å². The molecule has 3 aromatic carbocycles. The maximum absolute atomic E-state index is 14.2. The van der Waals surface area contributed by atoms with Gasteiger partial charge in [-0.25, -0.2) is 4.39 Å². The number of thioether (sulfide) groups is 1. The minimum Gasteiger partial charge on any atom is -0.493 e. The number of ether oxygens (including phenoxy) is 1. The zero-order chi connectivity index (χ0) is 26.0. The molecule has 1 heterocycles. The second-order valence-electron chi connectivity index (χ2n) is 7.34. The summed E-state index contributed by atoms with van der Waals surface area (Å²) >= 11 is 12.5. The van der Waals surface area contributed by atoms with Gasteiger partial charge in [0.1, 0.15) is 10.7 Å². The second kappa shape index (κ2) is 10.5. The quantitative estimate of drug-likeness (QED) is 0.250. The average Bonchev–Trinajstić information content (AvgIpc) is 3.09. The fourth-order valence-corrected chi connectivity index (χ4v) is 5.42. The number of para-hydroxylation sites is 1. The summed E-state index contributed by atoms with van der Waals surface area (Å²) in [5.41, 5.74) is 0.170. The predicted octanol–water partition coefficient (Wildman–Crippen LogP) is 6.15. The van der Waals surface area contributed by atoms with E-state index in [2.05, 4.69) is 0 Å². The molecule has 186 valence electrons. The van der Waals surface area contributed by atoms with Gasteiger partial charge >= 0.3 is 10.1 Å². The van der Waals surface area contributed by atoms with Crippen LogP contribution >= 0.6 is 35.0 Å². The molecule has 1 fully saturated rings. The van der Waals surface area contributed by atoms with Crippen molar-refractivity contribution in [1.29, 1.82) is 0 Å². The number of benzene rings is 3. The van der Waals surface area contributed by atoms with Crippen LogP contribution in [0.5, 0.6) is 11.5 Å². The molecule has 0 bridgehead atoms. The lowest BCUT2D eigenvalue weighted by atomic mass is 10.1. The number of amides is 2. The second-order valence-corrected chi connectivity index (χ2v) is 10.7. The Morgan fingerprint density at radius 2 is 1.72 bits per heavy atom. The number of carbonyl (C=O) groups is 2. The van der Waals surface area contributed by atoms with Gasteiger partial charge in [-0.15, -0.1) is 0 Å². The Balaban J connectivity index is 1.68. The van der Waals surface area contributed by atoms with E-state index in [4.69, 9.17) is 32.1 Å². The Labute approximate surface area is 220 Å². The summed E-state index contributed by atoms with van der Waals surface area (Å²) < 4.78 is 50.6. The molecule has 0 spiro atoms. The van der Waals surface area contributed by atoms with Crippen molar-refractivity contribution in [3.63, 3.8) is 0 Å². The molecule has 0 N–H and O–H groups in total. The zero-order valence-electron chi connectivity index (χ0n) is 18.4. The lowest BCUT2D eigenvalue weighted by Crippen LogP contribution is -2.28. The molecule has 7 nitrogen and oxygen atoms in total. The summed E-state index contributed by atoms with van der Waals surface area (Å²) in [6.07, 6.45) is 1.31. The van der Waals surface area contributed by atoms with Crippen LogP contribution in [0.3, 0.4) is 0 Å². The van der Waals surface area contributed by atoms with Crippen LogP contribution in [0, 0.1) is 5.82 Å². The molecule has 0 unspecified atom stereocenters. The molecule has 0 aliphatic carbocycles. The van der Waals surface area contributed by atoms with Crippen molar-refractivity contribution in [2.24, 2.45) is 0 Å². The highest BCUT2D eigenvalue weighted by molar-refractivity contribution is 8.18. The van der Waals surface area contributed by atoms with E-state index in [0.717, 1.165) is 4.90 Å². The van der Waals surface area contributed by atoms with Crippen molar-refractivity contribution in [3.8, 4) is 11.5 Å². The third kappa shape index (κ3) is 5.36. The molecule has 0 atom stereocenters. The van der Waals surface area contributed by atoms with E-state index >= 15 is 0 Å². The van der Waals surface area contributed by atoms with Crippen molar-refractivity contribution in [3.05, 3.63) is 92.6 Å². The van der Waals surface area contributed by atoms with Crippen LogP contribution in [-0.4, -0.2) is 31.6 Å². The smallest absolute Gasteiger partial charge is 0.339 e. The molecule has 1 aliphatic heterocycles. The number of hydrogen-bond acceptors (Lipinski definition) is 7. The van der Waals surface area contributed by atoms with E-state index in [9.17, 15) is 22.4 Å². The SMILES string of the molecule is COc1cccc(/C=C2\SC(=O)N(Cc3c(F)cccc3Cl)C2=O)c1OS(=O)(=O)c1ccc(Cl)cc1. The molecule has 36 heavy (non-hydrogen) atoms. The summed E-state index contributed by atoms with van der Waals surface area (Å²) in [4.78, 5) is 26.2. The first-order valence-electron chi connectivity index (χ1n) is 10.2. The molecule has 1 saturated heterocycles. The Bertz CT molecular complexity index is 1470. The zero-order valence-corrected chi connectivity index (χ0v) is 21.5. The van der Waals surface area contributed by atoms with Gasteiger partial charge in [0.2, 0.25) is 0 Å². The molecule has 0 aromatic heterocycles. The summed E-state index contributed by atoms with van der Waals surface area (Å²) in [7, 11) is -2.97. The van der Waals surface area contributed by atoms with Crippen molar-refractivity contribution in [2.75, 3.05) is 7.11 Å². The van der Waals surface area contributed by atoms with Crippen LogP contribution in [0.1, 0.15) is 11.1 Å². The van der Waals surface area contributed by atoms with Crippen LogP contribution in [0.25, 0.3) is 6.08 Å². The molecule has 2 amide bonds. The van der Waals surface area contributed by atoms with Crippen LogP contribution in [0.4, 0.5) is 9.18 Å². The van der Waals surface area contributed by atoms with Crippen molar-refractivity contribution in [1.82, 2.24) is 4.90 Å². The lowest BCUT2D eigenvalue weighted by molar-refractivity contribution is -0.123. The Morgan fingerprint density at radius 3 is 2.39 bits per heavy atom. The molecule has 3 aromatic rings. The normalized spacial score (nSPS) is 15.0. The Morgan fingerprint density at radius 1 is 1.03 bits per heavy atom. The van der Waals surface area contributed by atoms with Gasteiger partial charge in [-0.1, -0.05) is 41.4 Å². The summed E-state index contributed by atoms with van der Waals surface area (Å²) in [6, 6.07) is 14.0. The largest absolute Gasteiger partial charge is 0.493 e. The molecule has 0 radical (unpaired) electrons. The van der Waals surface area contributed by atoms with Crippen LogP contribution in [0.2, 0.25) is 10.0 Å². The first kappa shape index (κ1) is 26.0. The topological polar surface area (TPSA) is 90.0 Å². The van der Waals surface area contributed by atoms with Crippen molar-refractivity contribution < 1.29 is 31.3 Å². The van der Waals surface area contributed by atoms with Gasteiger partial charge in [0.15, 0.2) is 11.5 Å². The summed E-state index contributed by atoms with van der Waals surface area (Å²) in [6.45, 7) is -0.361. The first-order valence-corrected chi connectivity index (χ1v) is 13.1. The van der Waals surface area contributed by atoms with E-state index in [1.165, 1.54) is 67.8 Å². The summed E-state index contributed by atoms with van der Waals surface area (Å²) in [5, 5.41) is -0.210. The molecule has 0 saturated carbocycles. The van der Waals surface area contributed by atoms with Gasteiger partial charge in [0, 0.05) is 21.2 Å². The highest BCUT2D eigenvalue weighted by Gasteiger charge is 2.36. The number of hydrogen-bond donors (Lipinski definition) is 0. The van der Waals surface area contributed by atoms with Crippen molar-refractivity contribution >= 4 is 62.3 Å². The molecule has 4 rings (SSSR count). The Kier molecular flexibility index (Phi) is 7.60. The first-order chi connectivity index (χ1) is 17.1. The van der Waals surface area contributed by atoms with Gasteiger partial charge in [-0.2, -0.15) is 8.42 Å². The van der Waals surface area contributed by atoms with Crippen LogP contribution in [-0.2, 0) is 21.5 Å². The fraction of sp³-hybridized carbons (Fsp3) is 0.0833. The number of nitrogens with zero attached hydrogens (tertiary/aromatic N) is 1. The van der Waals surface area contributed by atoms with Gasteiger partial charge in [-0.05, 0) is 60.3 Å². The minimum atomic E-state index is -4.30. The van der Waals surface area contributed by atoms with Crippen molar-refractivity contribution in [2.45, 2.75) is 11.4 Å². The minimum absolute atomic E-state index is 0.00202. The van der Waals surface area contributed by atoms with Gasteiger partial charge < -0.3 is 8.92 Å². The standard InChI is InChI=1S/C24H16Cl2FNO6S2/c1-33-20-7-2-4-14(22(20)34-36(31,32)16-10-8-15(25)9-11-16)12-21-23(29)28(24(30)35-21)13-17-18(26)5-3-6-19(17)27/h2-12H,13H2,1H3/b21-12-. The monoisotopic (exact) mass is 567 g/mol. The van der Waals surface area contributed by atoms with E-state index in [0.29, 0.717) is 16.8 Å². The third-order valence-corrected chi connectivity index (χ3v) is 7.81. The number of methoxy groups -OCH3 is 1. The van der Waals surface area contributed by atoms with Crippen LogP contribution in [0.15, 0.2) is 70.5 Å². The Hall–Kier alpha value is -3.05. The van der Waals surface area contributed by atoms with Gasteiger partial charge in [-0.3, -0.25) is 14.5 Å². The maximum Gasteiger partial charge on any atom is 0.339 e. The summed E-state index contributed by atoms with van der Waals surface area (Å²) in [5.74, 6) is -1.45. The van der Waals surface area contributed by atoms with Gasteiger partial charge in [0.25, 0.3) is 11.1 Å². The number of halogens is 3. The lowest BCUT2D eigenvalue weighted by Gasteiger charge is -2.14.